The highest BCUT2D eigenvalue weighted by atomic mass is 16.6. The fourth-order valence-corrected chi connectivity index (χ4v) is 3.51. The first kappa shape index (κ1) is 17.7. The second kappa shape index (κ2) is 8.31. The maximum atomic E-state index is 12.0. The quantitative estimate of drug-likeness (QED) is 0.850. The third-order valence-corrected chi connectivity index (χ3v) is 4.98. The van der Waals surface area contributed by atoms with Crippen LogP contribution in [0.2, 0.25) is 0 Å². The van der Waals surface area contributed by atoms with Gasteiger partial charge >= 0.3 is 6.03 Å². The van der Waals surface area contributed by atoms with Crippen LogP contribution in [0.25, 0.3) is 0 Å². The number of carbonyl (C=O) groups is 1. The molecule has 2 aromatic rings. The van der Waals surface area contributed by atoms with E-state index in [1.807, 2.05) is 24.3 Å². The van der Waals surface area contributed by atoms with Gasteiger partial charge in [0.25, 0.3) is 0 Å². The van der Waals surface area contributed by atoms with E-state index >= 15 is 0 Å². The highest BCUT2D eigenvalue weighted by Gasteiger charge is 2.21. The number of rotatable bonds is 5. The van der Waals surface area contributed by atoms with Crippen molar-refractivity contribution in [3.05, 3.63) is 59.7 Å². The molecule has 1 atom stereocenters. The topological polar surface area (TPSA) is 62.8 Å². The minimum atomic E-state index is -0.177. The Morgan fingerprint density at radius 1 is 1.04 bits per heavy atom. The molecule has 0 aliphatic carbocycles. The van der Waals surface area contributed by atoms with Crippen LogP contribution >= 0.6 is 0 Å². The summed E-state index contributed by atoms with van der Waals surface area (Å²) in [5.74, 6) is 1.47. The molecule has 2 aromatic carbocycles. The van der Waals surface area contributed by atoms with Gasteiger partial charge < -0.3 is 20.1 Å². The molecule has 4 rings (SSSR count). The zero-order valence-corrected chi connectivity index (χ0v) is 15.3. The summed E-state index contributed by atoms with van der Waals surface area (Å²) in [4.78, 5) is 14.4. The van der Waals surface area contributed by atoms with Gasteiger partial charge in [-0.3, -0.25) is 4.90 Å². The van der Waals surface area contributed by atoms with Crippen LogP contribution in [0.5, 0.6) is 11.5 Å². The maximum Gasteiger partial charge on any atom is 0.314 e. The average molecular weight is 367 g/mol. The first-order valence-corrected chi connectivity index (χ1v) is 9.47. The van der Waals surface area contributed by atoms with Gasteiger partial charge in [0.05, 0.1) is 6.54 Å². The Kier molecular flexibility index (Phi) is 5.44. The van der Waals surface area contributed by atoms with Crippen LogP contribution in [0, 0.1) is 0 Å². The zero-order valence-electron chi connectivity index (χ0n) is 15.3. The Morgan fingerprint density at radius 3 is 2.70 bits per heavy atom. The molecular weight excluding hydrogens is 342 g/mol. The van der Waals surface area contributed by atoms with Crippen LogP contribution in [0.4, 0.5) is 4.79 Å². The molecule has 1 unspecified atom stereocenters. The van der Waals surface area contributed by atoms with Crippen molar-refractivity contribution < 1.29 is 14.3 Å². The Labute approximate surface area is 159 Å². The summed E-state index contributed by atoms with van der Waals surface area (Å²) in [6.45, 7) is 4.30. The zero-order chi connectivity index (χ0) is 18.5. The Bertz CT molecular complexity index is 796. The summed E-state index contributed by atoms with van der Waals surface area (Å²) in [5.41, 5.74) is 2.83. The van der Waals surface area contributed by atoms with Crippen molar-refractivity contribution in [3.63, 3.8) is 0 Å². The summed E-state index contributed by atoms with van der Waals surface area (Å²) >= 11 is 0. The van der Waals surface area contributed by atoms with E-state index in [0.717, 1.165) is 37.6 Å². The molecule has 2 N–H and O–H groups in total. The van der Waals surface area contributed by atoms with Gasteiger partial charge in [-0.15, -0.1) is 0 Å². The van der Waals surface area contributed by atoms with Gasteiger partial charge in [0.1, 0.15) is 6.61 Å². The molecule has 0 saturated carbocycles. The number of hydrogen-bond acceptors (Lipinski definition) is 4. The molecule has 2 aliphatic rings. The lowest BCUT2D eigenvalue weighted by Gasteiger charge is -2.29. The van der Waals surface area contributed by atoms with Gasteiger partial charge in [0, 0.05) is 26.2 Å². The lowest BCUT2D eigenvalue weighted by Crippen LogP contribution is -2.46. The fourth-order valence-electron chi connectivity index (χ4n) is 3.51. The van der Waals surface area contributed by atoms with Crippen molar-refractivity contribution in [1.82, 2.24) is 15.5 Å². The molecule has 0 bridgehead atoms. The summed E-state index contributed by atoms with van der Waals surface area (Å²) in [5, 5.41) is 5.79. The summed E-state index contributed by atoms with van der Waals surface area (Å²) in [7, 11) is 0. The monoisotopic (exact) mass is 367 g/mol. The number of hydrogen-bond donors (Lipinski definition) is 2. The number of fused-ring (bicyclic) bond motifs is 2. The van der Waals surface area contributed by atoms with Gasteiger partial charge in [-0.1, -0.05) is 36.4 Å². The molecule has 0 saturated heterocycles. The normalized spacial score (nSPS) is 18.4. The SMILES string of the molecule is O=C(NCCN1CCc2ccccc2C1)NCC1COc2ccccc2O1. The second-order valence-corrected chi connectivity index (χ2v) is 6.93. The van der Waals surface area contributed by atoms with Gasteiger partial charge in [-0.25, -0.2) is 4.79 Å². The number of urea groups is 1. The van der Waals surface area contributed by atoms with Gasteiger partial charge in [0.2, 0.25) is 0 Å². The number of ether oxygens (including phenoxy) is 2. The largest absolute Gasteiger partial charge is 0.486 e. The third kappa shape index (κ3) is 4.52. The molecule has 0 fully saturated rings. The van der Waals surface area contributed by atoms with Gasteiger partial charge in [-0.2, -0.15) is 0 Å². The minimum Gasteiger partial charge on any atom is -0.486 e. The lowest BCUT2D eigenvalue weighted by molar-refractivity contribution is 0.0918. The smallest absolute Gasteiger partial charge is 0.314 e. The van der Waals surface area contributed by atoms with Crippen molar-refractivity contribution in [2.75, 3.05) is 32.8 Å². The molecule has 0 aromatic heterocycles. The summed E-state index contributed by atoms with van der Waals surface area (Å²) in [6, 6.07) is 16.0. The van der Waals surface area contributed by atoms with E-state index in [2.05, 4.69) is 39.8 Å². The average Bonchev–Trinajstić information content (AvgIpc) is 2.72. The first-order valence-electron chi connectivity index (χ1n) is 9.47. The van der Waals surface area contributed by atoms with E-state index in [4.69, 9.17) is 9.47 Å². The molecule has 2 amide bonds. The number of carbonyl (C=O) groups excluding carboxylic acids is 1. The summed E-state index contributed by atoms with van der Waals surface area (Å²) < 4.78 is 11.5. The molecule has 0 radical (unpaired) electrons. The Balaban J connectivity index is 1.15. The van der Waals surface area contributed by atoms with Crippen LogP contribution in [-0.4, -0.2) is 49.8 Å². The molecule has 0 spiro atoms. The van der Waals surface area contributed by atoms with E-state index < -0.39 is 0 Å². The Morgan fingerprint density at radius 2 is 1.81 bits per heavy atom. The number of para-hydroxylation sites is 2. The lowest BCUT2D eigenvalue weighted by atomic mass is 10.00. The predicted octanol–water partition coefficient (Wildman–Crippen LogP) is 2.18. The first-order chi connectivity index (χ1) is 13.3. The maximum absolute atomic E-state index is 12.0. The minimum absolute atomic E-state index is 0.171. The van der Waals surface area contributed by atoms with Crippen molar-refractivity contribution in [2.24, 2.45) is 0 Å². The summed E-state index contributed by atoms with van der Waals surface area (Å²) in [6.07, 6.45) is 0.896. The van der Waals surface area contributed by atoms with Crippen LogP contribution in [-0.2, 0) is 13.0 Å². The van der Waals surface area contributed by atoms with E-state index in [1.165, 1.54) is 11.1 Å². The van der Waals surface area contributed by atoms with E-state index in [9.17, 15) is 4.79 Å². The van der Waals surface area contributed by atoms with Crippen molar-refractivity contribution >= 4 is 6.03 Å². The number of benzene rings is 2. The van der Waals surface area contributed by atoms with Crippen LogP contribution in [0.1, 0.15) is 11.1 Å². The molecule has 2 aliphatic heterocycles. The molecule has 6 nitrogen and oxygen atoms in total. The van der Waals surface area contributed by atoms with E-state index in [1.54, 1.807) is 0 Å². The predicted molar refractivity (Wildman–Crippen MR) is 103 cm³/mol. The molecule has 6 heteroatoms. The van der Waals surface area contributed by atoms with Crippen molar-refractivity contribution in [2.45, 2.75) is 19.1 Å². The fraction of sp³-hybridized carbons (Fsp3) is 0.381. The number of nitrogens with one attached hydrogen (secondary N) is 2. The van der Waals surface area contributed by atoms with Crippen molar-refractivity contribution in [3.8, 4) is 11.5 Å². The standard InChI is InChI=1S/C21H25N3O3/c25-21(23-13-18-15-26-19-7-3-4-8-20(19)27-18)22-10-12-24-11-9-16-5-1-2-6-17(16)14-24/h1-8,18H,9-15H2,(H2,22,23,25). The highest BCUT2D eigenvalue weighted by molar-refractivity contribution is 5.73. The Hall–Kier alpha value is -2.73. The number of nitrogens with zero attached hydrogens (tertiary/aromatic N) is 1. The second-order valence-electron chi connectivity index (χ2n) is 6.93. The van der Waals surface area contributed by atoms with Crippen LogP contribution < -0.4 is 20.1 Å². The molecular formula is C21H25N3O3. The van der Waals surface area contributed by atoms with Gasteiger partial charge in [0.15, 0.2) is 17.6 Å². The molecule has 142 valence electrons. The van der Waals surface area contributed by atoms with Crippen LogP contribution in [0.15, 0.2) is 48.5 Å². The van der Waals surface area contributed by atoms with Crippen LogP contribution in [0.3, 0.4) is 0 Å². The van der Waals surface area contributed by atoms with Gasteiger partial charge in [-0.05, 0) is 29.7 Å². The van der Waals surface area contributed by atoms with E-state index in [-0.39, 0.29) is 12.1 Å². The molecule has 27 heavy (non-hydrogen) atoms. The van der Waals surface area contributed by atoms with E-state index in [0.29, 0.717) is 19.7 Å². The van der Waals surface area contributed by atoms with Crippen molar-refractivity contribution in [1.29, 1.82) is 0 Å². The molecule has 2 heterocycles. The third-order valence-electron chi connectivity index (χ3n) is 4.98. The number of amides is 2. The highest BCUT2D eigenvalue weighted by Crippen LogP contribution is 2.30.